The van der Waals surface area contributed by atoms with Gasteiger partial charge in [-0.25, -0.2) is 9.69 Å². The Labute approximate surface area is 255 Å². The third-order valence-electron chi connectivity index (χ3n) is 6.93. The lowest BCUT2D eigenvalue weighted by Gasteiger charge is -2.26. The molecule has 14 heteroatoms. The maximum atomic E-state index is 13.4. The number of non-ortho nitro benzene ring substituents is 1. The molecule has 0 bridgehead atoms. The zero-order valence-corrected chi connectivity index (χ0v) is 24.2. The molecule has 4 aromatic rings. The van der Waals surface area contributed by atoms with Gasteiger partial charge in [-0.1, -0.05) is 6.07 Å². The normalized spacial score (nSPS) is 14.0. The van der Waals surface area contributed by atoms with Crippen LogP contribution >= 0.6 is 0 Å². The Hall–Kier alpha value is -6.31. The van der Waals surface area contributed by atoms with Gasteiger partial charge < -0.3 is 14.0 Å². The summed E-state index contributed by atoms with van der Waals surface area (Å²) >= 11 is 0. The van der Waals surface area contributed by atoms with Crippen molar-refractivity contribution >= 4 is 41.0 Å². The van der Waals surface area contributed by atoms with Crippen LogP contribution in [0.5, 0.6) is 17.2 Å². The minimum Gasteiger partial charge on any atom is -0.494 e. The van der Waals surface area contributed by atoms with Crippen LogP contribution in [0, 0.1) is 34.1 Å². The summed E-state index contributed by atoms with van der Waals surface area (Å²) in [6, 6.07) is 17.0. The van der Waals surface area contributed by atoms with E-state index in [1.54, 1.807) is 62.4 Å². The molecule has 45 heavy (non-hydrogen) atoms. The summed E-state index contributed by atoms with van der Waals surface area (Å²) in [7, 11) is 0. The summed E-state index contributed by atoms with van der Waals surface area (Å²) in [5, 5.41) is 24.7. The molecule has 0 radical (unpaired) electrons. The summed E-state index contributed by atoms with van der Waals surface area (Å²) in [6.07, 6.45) is 1.42. The second-order valence-electron chi connectivity index (χ2n) is 9.81. The quantitative estimate of drug-likeness (QED) is 0.107. The van der Waals surface area contributed by atoms with E-state index in [-0.39, 0.29) is 22.8 Å². The van der Waals surface area contributed by atoms with E-state index in [2.05, 4.69) is 5.32 Å². The second-order valence-corrected chi connectivity index (χ2v) is 9.81. The predicted molar refractivity (Wildman–Crippen MR) is 162 cm³/mol. The SMILES string of the molecule is CCOc1cccc(N2C(=O)NC(=O)/C(=C\c3cc(C)n(-c4ccc(Oc5ccc([N+](=O)[O-])cc5[N+](=O)[O-])cc4)c3C)C2=O)c1. The van der Waals surface area contributed by atoms with E-state index in [1.807, 2.05) is 11.5 Å². The zero-order valence-electron chi connectivity index (χ0n) is 24.2. The van der Waals surface area contributed by atoms with E-state index < -0.39 is 39.1 Å². The van der Waals surface area contributed by atoms with E-state index in [0.717, 1.165) is 28.8 Å². The number of nitro benzene ring substituents is 2. The molecule has 1 saturated heterocycles. The summed E-state index contributed by atoms with van der Waals surface area (Å²) in [4.78, 5) is 60.7. The molecular formula is C31H25N5O9. The number of aromatic nitrogens is 1. The first kappa shape index (κ1) is 30.2. The third kappa shape index (κ3) is 5.97. The highest BCUT2D eigenvalue weighted by molar-refractivity contribution is 6.39. The summed E-state index contributed by atoms with van der Waals surface area (Å²) in [6.45, 7) is 5.82. The number of barbiturate groups is 1. The highest BCUT2D eigenvalue weighted by Crippen LogP contribution is 2.35. The predicted octanol–water partition coefficient (Wildman–Crippen LogP) is 5.77. The zero-order chi connectivity index (χ0) is 32.4. The minimum atomic E-state index is -0.873. The minimum absolute atomic E-state index is 0.159. The molecule has 1 aliphatic heterocycles. The molecular weight excluding hydrogens is 586 g/mol. The average Bonchev–Trinajstić information content (AvgIpc) is 3.28. The van der Waals surface area contributed by atoms with Crippen LogP contribution in [0.1, 0.15) is 23.9 Å². The molecule has 1 aromatic heterocycles. The first-order valence-electron chi connectivity index (χ1n) is 13.5. The Balaban J connectivity index is 1.42. The van der Waals surface area contributed by atoms with Gasteiger partial charge in [-0.15, -0.1) is 0 Å². The second kappa shape index (κ2) is 12.1. The Kier molecular flexibility index (Phi) is 8.13. The number of amides is 4. The fourth-order valence-electron chi connectivity index (χ4n) is 4.90. The largest absolute Gasteiger partial charge is 0.494 e. The number of nitrogens with one attached hydrogen (secondary N) is 1. The molecule has 3 aromatic carbocycles. The lowest BCUT2D eigenvalue weighted by molar-refractivity contribution is -0.394. The molecule has 1 fully saturated rings. The molecule has 0 unspecified atom stereocenters. The van der Waals surface area contributed by atoms with Crippen molar-refractivity contribution in [2.24, 2.45) is 0 Å². The number of hydrogen-bond acceptors (Lipinski definition) is 9. The summed E-state index contributed by atoms with van der Waals surface area (Å²) in [5.74, 6) is -1.06. The standard InChI is InChI=1S/C31H25N5O9/c1-4-44-25-7-5-6-22(16-25)34-30(38)26(29(37)32-31(34)39)15-20-14-18(2)33(19(20)3)21-8-11-24(12-9-21)45-28-13-10-23(35(40)41)17-27(28)36(42)43/h5-17H,4H2,1-3H3,(H,32,37,39)/b26-15+. The van der Waals surface area contributed by atoms with Crippen molar-refractivity contribution in [3.8, 4) is 22.9 Å². The fourth-order valence-corrected chi connectivity index (χ4v) is 4.90. The van der Waals surface area contributed by atoms with Crippen molar-refractivity contribution in [2.75, 3.05) is 11.5 Å². The van der Waals surface area contributed by atoms with E-state index in [9.17, 15) is 34.6 Å². The molecule has 4 amide bonds. The molecule has 5 rings (SSSR count). The van der Waals surface area contributed by atoms with Gasteiger partial charge in [0.2, 0.25) is 5.75 Å². The summed E-state index contributed by atoms with van der Waals surface area (Å²) in [5.41, 5.74) is 1.72. The van der Waals surface area contributed by atoms with Gasteiger partial charge in [0, 0.05) is 29.2 Å². The van der Waals surface area contributed by atoms with E-state index >= 15 is 0 Å². The first-order valence-corrected chi connectivity index (χ1v) is 13.5. The molecule has 0 spiro atoms. The maximum absolute atomic E-state index is 13.4. The highest BCUT2D eigenvalue weighted by Gasteiger charge is 2.37. The van der Waals surface area contributed by atoms with Gasteiger partial charge in [-0.2, -0.15) is 0 Å². The number of nitro groups is 2. The van der Waals surface area contributed by atoms with Crippen molar-refractivity contribution in [2.45, 2.75) is 20.8 Å². The lowest BCUT2D eigenvalue weighted by Crippen LogP contribution is -2.54. The third-order valence-corrected chi connectivity index (χ3v) is 6.93. The van der Waals surface area contributed by atoms with Crippen molar-refractivity contribution in [3.05, 3.63) is 116 Å². The highest BCUT2D eigenvalue weighted by atomic mass is 16.6. The van der Waals surface area contributed by atoms with Gasteiger partial charge in [-0.3, -0.25) is 35.1 Å². The van der Waals surface area contributed by atoms with E-state index in [1.165, 1.54) is 12.1 Å². The van der Waals surface area contributed by atoms with Gasteiger partial charge in [-0.05, 0) is 80.9 Å². The molecule has 14 nitrogen and oxygen atoms in total. The number of carbonyl (C=O) groups is 3. The molecule has 0 atom stereocenters. The smallest absolute Gasteiger partial charge is 0.335 e. The number of hydrogen-bond donors (Lipinski definition) is 1. The first-order chi connectivity index (χ1) is 21.5. The molecule has 1 N–H and O–H groups in total. The van der Waals surface area contributed by atoms with Crippen LogP contribution in [0.3, 0.4) is 0 Å². The molecule has 0 saturated carbocycles. The van der Waals surface area contributed by atoms with Crippen molar-refractivity contribution in [3.63, 3.8) is 0 Å². The number of imide groups is 2. The number of anilines is 1. The number of carbonyl (C=O) groups excluding carboxylic acids is 3. The Bertz CT molecular complexity index is 1910. The monoisotopic (exact) mass is 611 g/mol. The Morgan fingerprint density at radius 3 is 2.27 bits per heavy atom. The molecule has 2 heterocycles. The van der Waals surface area contributed by atoms with Crippen LogP contribution < -0.4 is 19.7 Å². The van der Waals surface area contributed by atoms with Gasteiger partial charge in [0.1, 0.15) is 17.1 Å². The summed E-state index contributed by atoms with van der Waals surface area (Å²) < 4.78 is 13.0. The topological polar surface area (TPSA) is 176 Å². The average molecular weight is 612 g/mol. The van der Waals surface area contributed by atoms with Gasteiger partial charge in [0.05, 0.1) is 28.2 Å². The molecule has 228 valence electrons. The number of rotatable bonds is 9. The Morgan fingerprint density at radius 2 is 1.60 bits per heavy atom. The number of aryl methyl sites for hydroxylation is 1. The van der Waals surface area contributed by atoms with Crippen molar-refractivity contribution < 1.29 is 33.7 Å². The number of benzene rings is 3. The van der Waals surface area contributed by atoms with E-state index in [0.29, 0.717) is 29.3 Å². The van der Waals surface area contributed by atoms with Crippen molar-refractivity contribution in [1.82, 2.24) is 9.88 Å². The van der Waals surface area contributed by atoms with Crippen LogP contribution in [0.15, 0.2) is 78.4 Å². The van der Waals surface area contributed by atoms with Gasteiger partial charge in [0.15, 0.2) is 0 Å². The van der Waals surface area contributed by atoms with Crippen LogP contribution in [0.4, 0.5) is 21.9 Å². The van der Waals surface area contributed by atoms with Gasteiger partial charge >= 0.3 is 11.7 Å². The van der Waals surface area contributed by atoms with Gasteiger partial charge in [0.25, 0.3) is 17.5 Å². The van der Waals surface area contributed by atoms with Crippen LogP contribution in [-0.4, -0.2) is 38.9 Å². The Morgan fingerprint density at radius 1 is 0.867 bits per heavy atom. The van der Waals surface area contributed by atoms with E-state index in [4.69, 9.17) is 9.47 Å². The number of ether oxygens (including phenoxy) is 2. The lowest BCUT2D eigenvalue weighted by atomic mass is 10.1. The van der Waals surface area contributed by atoms with Crippen LogP contribution in [0.2, 0.25) is 0 Å². The van der Waals surface area contributed by atoms with Crippen LogP contribution in [0.25, 0.3) is 11.8 Å². The number of urea groups is 1. The fraction of sp³-hybridized carbons (Fsp3) is 0.129. The number of nitrogens with zero attached hydrogens (tertiary/aromatic N) is 4. The van der Waals surface area contributed by atoms with Crippen LogP contribution in [-0.2, 0) is 9.59 Å². The molecule has 1 aliphatic rings. The maximum Gasteiger partial charge on any atom is 0.335 e. The molecule has 0 aliphatic carbocycles. The van der Waals surface area contributed by atoms with Crippen molar-refractivity contribution in [1.29, 1.82) is 0 Å².